The van der Waals surface area contributed by atoms with Crippen LogP contribution in [0.4, 0.5) is 0 Å². The Bertz CT molecular complexity index is 266. The highest BCUT2D eigenvalue weighted by molar-refractivity contribution is 6.28. The summed E-state index contributed by atoms with van der Waals surface area (Å²) in [6.07, 6.45) is 2.83. The zero-order valence-corrected chi connectivity index (χ0v) is 6.25. The van der Waals surface area contributed by atoms with E-state index in [9.17, 15) is 0 Å². The molecule has 56 valence electrons. The fraction of sp³-hybridized carbons (Fsp3) is 0.167. The first-order chi connectivity index (χ1) is 5.33. The third-order valence-electron chi connectivity index (χ3n) is 0.892. The van der Waals surface area contributed by atoms with Crippen molar-refractivity contribution in [3.05, 3.63) is 29.1 Å². The van der Waals surface area contributed by atoms with Crippen LogP contribution in [0.2, 0.25) is 5.28 Å². The first-order valence-corrected chi connectivity index (χ1v) is 3.14. The minimum atomic E-state index is -0.0228. The molecule has 0 aliphatic rings. The molecule has 0 atom stereocenters. The predicted molar refractivity (Wildman–Crippen MR) is 39.1 cm³/mol. The van der Waals surface area contributed by atoms with Gasteiger partial charge in [-0.05, 0) is 11.6 Å². The van der Waals surface area contributed by atoms with Gasteiger partial charge in [-0.25, -0.2) is 16.5 Å². The van der Waals surface area contributed by atoms with Crippen LogP contribution in [0.25, 0.3) is 4.85 Å². The van der Waals surface area contributed by atoms with Crippen LogP contribution in [0.3, 0.4) is 0 Å². The molecule has 0 aliphatic carbocycles. The molecule has 0 spiro atoms. The molecule has 0 bridgehead atoms. The number of nitrogens with zero attached hydrogens (tertiary/aromatic N) is 3. The molecule has 4 nitrogen and oxygen atoms in total. The largest absolute Gasteiger partial charge is 0.423 e. The Hall–Kier alpha value is -1.34. The third-order valence-corrected chi connectivity index (χ3v) is 1.09. The van der Waals surface area contributed by atoms with Crippen molar-refractivity contribution < 1.29 is 4.74 Å². The predicted octanol–water partition coefficient (Wildman–Crippen LogP) is 1.39. The molecule has 1 heterocycles. The van der Waals surface area contributed by atoms with E-state index in [1.165, 1.54) is 12.4 Å². The number of hydrogen-bond donors (Lipinski definition) is 0. The van der Waals surface area contributed by atoms with Crippen molar-refractivity contribution in [3.8, 4) is 5.75 Å². The van der Waals surface area contributed by atoms with Crippen molar-refractivity contribution in [2.45, 2.75) is 0 Å². The zero-order chi connectivity index (χ0) is 8.10. The standard InChI is InChI=1S/C6H4ClN3O/c1-8-4-11-5-2-9-6(7)10-3-5/h2-3H,4H2. The Labute approximate surface area is 68.6 Å². The van der Waals surface area contributed by atoms with Crippen LogP contribution in [-0.4, -0.2) is 16.7 Å². The first-order valence-electron chi connectivity index (χ1n) is 2.76. The van der Waals surface area contributed by atoms with Crippen molar-refractivity contribution in [1.82, 2.24) is 9.97 Å². The Kier molecular flexibility index (Phi) is 2.64. The minimum absolute atomic E-state index is 0.0228. The molecule has 0 saturated carbocycles. The number of hydrogen-bond acceptors (Lipinski definition) is 3. The smallest absolute Gasteiger partial charge is 0.357 e. The van der Waals surface area contributed by atoms with E-state index in [-0.39, 0.29) is 12.0 Å². The number of halogens is 1. The molecule has 1 aromatic rings. The van der Waals surface area contributed by atoms with Crippen LogP contribution >= 0.6 is 11.6 Å². The summed E-state index contributed by atoms with van der Waals surface area (Å²) in [5.41, 5.74) is 0. The maximum atomic E-state index is 6.43. The molecule has 0 amide bonds. The molecule has 0 N–H and O–H groups in total. The number of rotatable bonds is 2. The Morgan fingerprint density at radius 2 is 2.18 bits per heavy atom. The molecule has 0 radical (unpaired) electrons. The van der Waals surface area contributed by atoms with Crippen LogP contribution in [0.1, 0.15) is 0 Å². The molecular weight excluding hydrogens is 166 g/mol. The molecule has 0 unspecified atom stereocenters. The van der Waals surface area contributed by atoms with Crippen LogP contribution in [0, 0.1) is 6.57 Å². The minimum Gasteiger partial charge on any atom is -0.423 e. The summed E-state index contributed by atoms with van der Waals surface area (Å²) in [7, 11) is 0. The van der Waals surface area contributed by atoms with E-state index in [4.69, 9.17) is 22.9 Å². The highest BCUT2D eigenvalue weighted by Gasteiger charge is 1.94. The highest BCUT2D eigenvalue weighted by atomic mass is 35.5. The van der Waals surface area contributed by atoms with Crippen molar-refractivity contribution in [3.63, 3.8) is 0 Å². The van der Waals surface area contributed by atoms with E-state index in [0.717, 1.165) is 0 Å². The normalized spacial score (nSPS) is 8.73. The summed E-state index contributed by atoms with van der Waals surface area (Å²) in [6.45, 7) is 6.40. The van der Waals surface area contributed by atoms with Crippen LogP contribution < -0.4 is 4.74 Å². The summed E-state index contributed by atoms with van der Waals surface area (Å²) < 4.78 is 4.87. The SMILES string of the molecule is [C-]#[N+]COc1cnc(Cl)nc1. The molecule has 0 aromatic carbocycles. The molecule has 1 aromatic heterocycles. The molecule has 1 rings (SSSR count). The van der Waals surface area contributed by atoms with E-state index in [0.29, 0.717) is 5.75 Å². The second kappa shape index (κ2) is 3.74. The van der Waals surface area contributed by atoms with Gasteiger partial charge in [-0.1, -0.05) is 0 Å². The van der Waals surface area contributed by atoms with Crippen LogP contribution in [0.15, 0.2) is 12.4 Å². The summed E-state index contributed by atoms with van der Waals surface area (Å²) in [5.74, 6) is 0.449. The Balaban J connectivity index is 2.60. The fourth-order valence-corrected chi connectivity index (χ4v) is 0.579. The van der Waals surface area contributed by atoms with E-state index in [1.807, 2.05) is 0 Å². The van der Waals surface area contributed by atoms with Crippen LogP contribution in [-0.2, 0) is 0 Å². The molecule has 5 heteroatoms. The zero-order valence-electron chi connectivity index (χ0n) is 5.49. The molecule has 11 heavy (non-hydrogen) atoms. The van der Waals surface area contributed by atoms with E-state index in [1.54, 1.807) is 0 Å². The summed E-state index contributed by atoms with van der Waals surface area (Å²) in [6, 6.07) is 0. The topological polar surface area (TPSA) is 39.4 Å². The van der Waals surface area contributed by atoms with Gasteiger partial charge in [-0.15, -0.1) is 0 Å². The van der Waals surface area contributed by atoms with Gasteiger partial charge in [0.05, 0.1) is 12.4 Å². The van der Waals surface area contributed by atoms with E-state index < -0.39 is 0 Å². The lowest BCUT2D eigenvalue weighted by Gasteiger charge is -1.95. The van der Waals surface area contributed by atoms with Gasteiger partial charge in [-0.3, -0.25) is 4.85 Å². The van der Waals surface area contributed by atoms with Gasteiger partial charge in [0.2, 0.25) is 5.28 Å². The summed E-state index contributed by atoms with van der Waals surface area (Å²) in [5, 5.41) is 0.167. The quantitative estimate of drug-likeness (QED) is 0.496. The van der Waals surface area contributed by atoms with Crippen molar-refractivity contribution in [2.24, 2.45) is 0 Å². The van der Waals surface area contributed by atoms with Crippen molar-refractivity contribution >= 4 is 11.6 Å². The maximum Gasteiger partial charge on any atom is 0.357 e. The molecule has 0 saturated heterocycles. The van der Waals surface area contributed by atoms with Gasteiger partial charge >= 0.3 is 6.73 Å². The van der Waals surface area contributed by atoms with E-state index in [2.05, 4.69) is 14.8 Å². The second-order valence-corrected chi connectivity index (χ2v) is 1.96. The summed E-state index contributed by atoms with van der Waals surface area (Å²) in [4.78, 5) is 10.3. The van der Waals surface area contributed by atoms with Gasteiger partial charge in [0.1, 0.15) is 0 Å². The van der Waals surface area contributed by atoms with E-state index >= 15 is 0 Å². The van der Waals surface area contributed by atoms with Crippen molar-refractivity contribution in [2.75, 3.05) is 6.73 Å². The van der Waals surface area contributed by atoms with Crippen molar-refractivity contribution in [1.29, 1.82) is 0 Å². The third kappa shape index (κ3) is 2.40. The second-order valence-electron chi connectivity index (χ2n) is 1.62. The lowest BCUT2D eigenvalue weighted by molar-refractivity contribution is 0.358. The van der Waals surface area contributed by atoms with Gasteiger partial charge in [0.25, 0.3) is 0 Å². The van der Waals surface area contributed by atoms with Gasteiger partial charge in [0, 0.05) is 0 Å². The molecular formula is C6H4ClN3O. The highest BCUT2D eigenvalue weighted by Crippen LogP contribution is 2.07. The monoisotopic (exact) mass is 169 g/mol. The molecule has 0 fully saturated rings. The fourth-order valence-electron chi connectivity index (χ4n) is 0.482. The average molecular weight is 170 g/mol. The lowest BCUT2D eigenvalue weighted by Crippen LogP contribution is -1.92. The maximum absolute atomic E-state index is 6.43. The van der Waals surface area contributed by atoms with Gasteiger partial charge in [0.15, 0.2) is 5.75 Å². The Morgan fingerprint density at radius 1 is 1.55 bits per heavy atom. The average Bonchev–Trinajstić information content (AvgIpc) is 2.04. The number of aromatic nitrogens is 2. The Morgan fingerprint density at radius 3 is 2.73 bits per heavy atom. The first kappa shape index (κ1) is 7.76. The van der Waals surface area contributed by atoms with Gasteiger partial charge in [-0.2, -0.15) is 0 Å². The molecule has 0 aliphatic heterocycles. The van der Waals surface area contributed by atoms with Crippen LogP contribution in [0.5, 0.6) is 5.75 Å². The van der Waals surface area contributed by atoms with Gasteiger partial charge < -0.3 is 4.74 Å². The number of ether oxygens (including phenoxy) is 1. The summed E-state index contributed by atoms with van der Waals surface area (Å²) >= 11 is 5.41. The lowest BCUT2D eigenvalue weighted by atomic mass is 10.6.